The van der Waals surface area contributed by atoms with Gasteiger partial charge in [0.2, 0.25) is 0 Å². The van der Waals surface area contributed by atoms with Crippen molar-refractivity contribution in [1.29, 1.82) is 0 Å². The van der Waals surface area contributed by atoms with Crippen molar-refractivity contribution in [1.82, 2.24) is 4.98 Å². The van der Waals surface area contributed by atoms with Gasteiger partial charge in [-0.05, 0) is 37.6 Å². The number of carbonyl (C=O) groups excluding carboxylic acids is 1. The highest BCUT2D eigenvalue weighted by atomic mass is 16.6. The number of nitrogen functional groups attached to an aromatic ring is 1. The number of hydrogen-bond acceptors (Lipinski definition) is 6. The predicted molar refractivity (Wildman–Crippen MR) is 68.1 cm³/mol. The quantitative estimate of drug-likeness (QED) is 0.673. The average molecular weight is 262 g/mol. The van der Waals surface area contributed by atoms with Gasteiger partial charge >= 0.3 is 12.0 Å². The van der Waals surface area contributed by atoms with Crippen molar-refractivity contribution >= 4 is 11.7 Å². The zero-order valence-corrected chi connectivity index (χ0v) is 10.7. The fourth-order valence-corrected chi connectivity index (χ4v) is 1.42. The molecule has 0 unspecified atom stereocenters. The number of aromatic nitrogens is 1. The number of nitrogens with zero attached hydrogens (tertiary/aromatic N) is 1. The number of oxazole rings is 1. The molecule has 0 atom stereocenters. The van der Waals surface area contributed by atoms with Crippen molar-refractivity contribution in [2.75, 3.05) is 12.3 Å². The minimum absolute atomic E-state index is 0.0211. The maximum Gasteiger partial charge on any atom is 0.399 e. The number of hydrogen-bond donors (Lipinski definition) is 1. The van der Waals surface area contributed by atoms with E-state index in [1.807, 2.05) is 6.92 Å². The molecule has 0 saturated carbocycles. The van der Waals surface area contributed by atoms with Gasteiger partial charge in [-0.1, -0.05) is 0 Å². The van der Waals surface area contributed by atoms with Gasteiger partial charge in [-0.3, -0.25) is 0 Å². The topological polar surface area (TPSA) is 87.6 Å². The summed E-state index contributed by atoms with van der Waals surface area (Å²) in [5.74, 6) is -0.0152. The Hall–Kier alpha value is -2.50. The minimum atomic E-state index is -0.547. The Morgan fingerprint density at radius 1 is 1.47 bits per heavy atom. The Kier molecular flexibility index (Phi) is 3.70. The molecule has 0 radical (unpaired) electrons. The van der Waals surface area contributed by atoms with E-state index in [2.05, 4.69) is 4.98 Å². The highest BCUT2D eigenvalue weighted by molar-refractivity contribution is 5.86. The molecule has 0 aliphatic heterocycles. The first kappa shape index (κ1) is 12.9. The molecule has 1 aromatic heterocycles. The zero-order chi connectivity index (χ0) is 13.8. The molecule has 0 fully saturated rings. The fraction of sp³-hybridized carbons (Fsp3) is 0.231. The lowest BCUT2D eigenvalue weighted by Gasteiger charge is -2.03. The van der Waals surface area contributed by atoms with E-state index in [1.165, 1.54) is 6.26 Å². The van der Waals surface area contributed by atoms with E-state index in [9.17, 15) is 4.79 Å². The summed E-state index contributed by atoms with van der Waals surface area (Å²) in [6.45, 7) is 3.85. The summed E-state index contributed by atoms with van der Waals surface area (Å²) in [7, 11) is 0. The maximum absolute atomic E-state index is 11.4. The summed E-state index contributed by atoms with van der Waals surface area (Å²) in [5, 5.41) is 0. The molecular formula is C13H14N2O4. The molecule has 100 valence electrons. The predicted octanol–water partition coefficient (Wildman–Crippen LogP) is 2.53. The van der Waals surface area contributed by atoms with Crippen LogP contribution in [0.25, 0.3) is 0 Å². The lowest BCUT2D eigenvalue weighted by molar-refractivity contribution is 0.0519. The molecule has 0 amide bonds. The number of esters is 1. The summed E-state index contributed by atoms with van der Waals surface area (Å²) >= 11 is 0. The smallest absolute Gasteiger partial charge is 0.399 e. The zero-order valence-electron chi connectivity index (χ0n) is 10.7. The van der Waals surface area contributed by atoms with Crippen LogP contribution in [0.3, 0.4) is 0 Å². The van der Waals surface area contributed by atoms with Crippen LogP contribution in [0.2, 0.25) is 0 Å². The number of anilines is 1. The van der Waals surface area contributed by atoms with Crippen molar-refractivity contribution in [2.24, 2.45) is 0 Å². The van der Waals surface area contributed by atoms with E-state index in [0.717, 1.165) is 5.56 Å². The second-order valence-electron chi connectivity index (χ2n) is 3.84. The second-order valence-corrected chi connectivity index (χ2v) is 3.84. The molecule has 2 rings (SSSR count). The Morgan fingerprint density at radius 2 is 2.26 bits per heavy atom. The third kappa shape index (κ3) is 3.04. The van der Waals surface area contributed by atoms with Crippen molar-refractivity contribution in [3.05, 3.63) is 35.7 Å². The highest BCUT2D eigenvalue weighted by Gasteiger charge is 2.14. The Morgan fingerprint density at radius 3 is 2.95 bits per heavy atom. The van der Waals surface area contributed by atoms with Crippen molar-refractivity contribution in [3.63, 3.8) is 0 Å². The average Bonchev–Trinajstić information content (AvgIpc) is 2.83. The first-order valence-electron chi connectivity index (χ1n) is 5.76. The van der Waals surface area contributed by atoms with Crippen LogP contribution in [0.4, 0.5) is 5.69 Å². The lowest BCUT2D eigenvalue weighted by Crippen LogP contribution is -2.04. The van der Waals surface area contributed by atoms with Gasteiger partial charge in [-0.2, -0.15) is 4.98 Å². The Balaban J connectivity index is 2.11. The van der Waals surface area contributed by atoms with Crippen molar-refractivity contribution < 1.29 is 18.7 Å². The van der Waals surface area contributed by atoms with Gasteiger partial charge in [0.1, 0.15) is 12.0 Å². The number of benzene rings is 1. The summed E-state index contributed by atoms with van der Waals surface area (Å²) in [5.41, 5.74) is 7.33. The van der Waals surface area contributed by atoms with Gasteiger partial charge in [0.05, 0.1) is 6.61 Å². The monoisotopic (exact) mass is 262 g/mol. The molecule has 1 aromatic carbocycles. The maximum atomic E-state index is 11.4. The minimum Gasteiger partial charge on any atom is -0.461 e. The first-order chi connectivity index (χ1) is 9.10. The number of carbonyl (C=O) groups is 1. The van der Waals surface area contributed by atoms with Gasteiger partial charge in [-0.25, -0.2) is 4.79 Å². The molecular weight excluding hydrogens is 248 g/mol. The fourth-order valence-electron chi connectivity index (χ4n) is 1.42. The van der Waals surface area contributed by atoms with Gasteiger partial charge in [-0.15, -0.1) is 0 Å². The van der Waals surface area contributed by atoms with Gasteiger partial charge in [0.15, 0.2) is 5.69 Å². The van der Waals surface area contributed by atoms with Crippen LogP contribution in [0.1, 0.15) is 23.0 Å². The normalized spacial score (nSPS) is 10.2. The summed E-state index contributed by atoms with van der Waals surface area (Å²) in [6, 6.07) is 5.17. The van der Waals surface area contributed by atoms with Crippen LogP contribution >= 0.6 is 0 Å². The molecule has 2 aromatic rings. The molecule has 0 aliphatic carbocycles. The van der Waals surface area contributed by atoms with Crippen LogP contribution in [-0.2, 0) is 4.74 Å². The van der Waals surface area contributed by atoms with Crippen LogP contribution in [-0.4, -0.2) is 17.6 Å². The van der Waals surface area contributed by atoms with Crippen LogP contribution in [0.15, 0.2) is 28.9 Å². The molecule has 0 spiro atoms. The molecule has 6 heteroatoms. The Bertz CT molecular complexity index is 592. The van der Waals surface area contributed by atoms with E-state index >= 15 is 0 Å². The number of rotatable bonds is 4. The summed E-state index contributed by atoms with van der Waals surface area (Å²) in [6.07, 6.45) is 1.17. The van der Waals surface area contributed by atoms with Crippen LogP contribution < -0.4 is 10.5 Å². The second kappa shape index (κ2) is 5.43. The third-order valence-corrected chi connectivity index (χ3v) is 2.41. The molecule has 19 heavy (non-hydrogen) atoms. The first-order valence-corrected chi connectivity index (χ1v) is 5.76. The SMILES string of the molecule is CCOC(=O)c1coc(Oc2ccc(N)c(C)c2)n1. The summed E-state index contributed by atoms with van der Waals surface area (Å²) < 4.78 is 15.2. The Labute approximate surface area is 110 Å². The number of nitrogens with two attached hydrogens (primary N) is 1. The van der Waals surface area contributed by atoms with Crippen molar-refractivity contribution in [3.8, 4) is 11.8 Å². The molecule has 0 bridgehead atoms. The van der Waals surface area contributed by atoms with Gasteiger partial charge in [0, 0.05) is 5.69 Å². The molecule has 6 nitrogen and oxygen atoms in total. The van der Waals surface area contributed by atoms with E-state index in [4.69, 9.17) is 19.6 Å². The highest BCUT2D eigenvalue weighted by Crippen LogP contribution is 2.24. The molecule has 0 saturated heterocycles. The lowest BCUT2D eigenvalue weighted by atomic mass is 10.2. The number of ether oxygens (including phenoxy) is 2. The van der Waals surface area contributed by atoms with Crippen LogP contribution in [0, 0.1) is 6.92 Å². The van der Waals surface area contributed by atoms with E-state index in [-0.39, 0.29) is 18.4 Å². The summed E-state index contributed by atoms with van der Waals surface area (Å²) in [4.78, 5) is 15.3. The van der Waals surface area contributed by atoms with E-state index in [1.54, 1.807) is 25.1 Å². The largest absolute Gasteiger partial charge is 0.461 e. The van der Waals surface area contributed by atoms with E-state index in [0.29, 0.717) is 11.4 Å². The van der Waals surface area contributed by atoms with Gasteiger partial charge in [0.25, 0.3) is 0 Å². The molecule has 1 heterocycles. The van der Waals surface area contributed by atoms with Gasteiger partial charge < -0.3 is 19.6 Å². The van der Waals surface area contributed by atoms with Crippen molar-refractivity contribution in [2.45, 2.75) is 13.8 Å². The number of aryl methyl sites for hydroxylation is 1. The van der Waals surface area contributed by atoms with Crippen LogP contribution in [0.5, 0.6) is 11.8 Å². The standard InChI is InChI=1S/C13H14N2O4/c1-3-17-12(16)11-7-18-13(15-11)19-9-4-5-10(14)8(2)6-9/h4-7H,3,14H2,1-2H3. The van der Waals surface area contributed by atoms with E-state index < -0.39 is 5.97 Å². The molecule has 0 aliphatic rings. The third-order valence-electron chi connectivity index (χ3n) is 2.41. The molecule has 2 N–H and O–H groups in total.